The van der Waals surface area contributed by atoms with E-state index in [1.807, 2.05) is 21.7 Å². The molecule has 4 nitrogen and oxygen atoms in total. The van der Waals surface area contributed by atoms with Crippen LogP contribution >= 0.6 is 22.7 Å². The van der Waals surface area contributed by atoms with Gasteiger partial charge in [-0.05, 0) is 17.9 Å². The summed E-state index contributed by atoms with van der Waals surface area (Å²) in [6, 6.07) is 2.03. The molecule has 1 amide bonds. The van der Waals surface area contributed by atoms with E-state index in [4.69, 9.17) is 4.74 Å². The molecule has 0 unspecified atom stereocenters. The molecule has 1 saturated heterocycles. The predicted molar refractivity (Wildman–Crippen MR) is 81.4 cm³/mol. The van der Waals surface area contributed by atoms with Crippen LogP contribution in [0.4, 0.5) is 0 Å². The van der Waals surface area contributed by atoms with Crippen molar-refractivity contribution in [2.24, 2.45) is 0 Å². The Morgan fingerprint density at radius 3 is 3.20 bits per heavy atom. The average molecular weight is 308 g/mol. The summed E-state index contributed by atoms with van der Waals surface area (Å²) in [6.07, 6.45) is 1.09. The number of thiazole rings is 1. The van der Waals surface area contributed by atoms with E-state index in [1.54, 1.807) is 11.3 Å². The minimum Gasteiger partial charge on any atom is -0.375 e. The van der Waals surface area contributed by atoms with Crippen LogP contribution in [0.15, 0.2) is 22.2 Å². The van der Waals surface area contributed by atoms with E-state index < -0.39 is 0 Å². The normalized spacial score (nSPS) is 19.2. The summed E-state index contributed by atoms with van der Waals surface area (Å²) in [5.41, 5.74) is 1.64. The van der Waals surface area contributed by atoms with E-state index in [1.165, 1.54) is 11.3 Å². The van der Waals surface area contributed by atoms with Crippen LogP contribution in [0.3, 0.4) is 0 Å². The summed E-state index contributed by atoms with van der Waals surface area (Å²) in [6.45, 7) is 4.02. The highest BCUT2D eigenvalue weighted by atomic mass is 32.1. The molecular weight excluding hydrogens is 292 g/mol. The number of hydrogen-bond donors (Lipinski definition) is 0. The minimum absolute atomic E-state index is 0.0180. The van der Waals surface area contributed by atoms with Gasteiger partial charge in [0, 0.05) is 29.4 Å². The lowest BCUT2D eigenvalue weighted by Crippen LogP contribution is -2.45. The van der Waals surface area contributed by atoms with Gasteiger partial charge in [0.2, 0.25) is 0 Å². The number of nitrogens with zero attached hydrogens (tertiary/aromatic N) is 2. The fourth-order valence-corrected chi connectivity index (χ4v) is 3.71. The lowest BCUT2D eigenvalue weighted by atomic mass is 10.2. The van der Waals surface area contributed by atoms with E-state index in [0.29, 0.717) is 25.4 Å². The van der Waals surface area contributed by atoms with Gasteiger partial charge in [0.1, 0.15) is 10.7 Å². The van der Waals surface area contributed by atoms with Crippen molar-refractivity contribution in [3.63, 3.8) is 0 Å². The van der Waals surface area contributed by atoms with Crippen LogP contribution in [-0.2, 0) is 4.74 Å². The molecule has 2 aromatic rings. The predicted octanol–water partition coefficient (Wildman–Crippen LogP) is 3.12. The molecule has 6 heteroatoms. The van der Waals surface area contributed by atoms with Crippen molar-refractivity contribution in [2.75, 3.05) is 19.7 Å². The number of carbonyl (C=O) groups is 1. The highest BCUT2D eigenvalue weighted by Gasteiger charge is 2.25. The number of thiophene rings is 1. The van der Waals surface area contributed by atoms with E-state index in [-0.39, 0.29) is 12.0 Å². The molecular formula is C14H16N2O2S2. The lowest BCUT2D eigenvalue weighted by molar-refractivity contribution is -0.0227. The second-order valence-electron chi connectivity index (χ2n) is 4.70. The second kappa shape index (κ2) is 6.03. The Labute approximate surface area is 126 Å². The van der Waals surface area contributed by atoms with Crippen LogP contribution in [0.2, 0.25) is 0 Å². The van der Waals surface area contributed by atoms with Crippen LogP contribution < -0.4 is 0 Å². The van der Waals surface area contributed by atoms with E-state index >= 15 is 0 Å². The number of rotatable bonds is 3. The third kappa shape index (κ3) is 2.77. The maximum atomic E-state index is 12.5. The molecule has 20 heavy (non-hydrogen) atoms. The molecule has 1 aliphatic rings. The number of morpholine rings is 1. The first kappa shape index (κ1) is 13.7. The van der Waals surface area contributed by atoms with Crippen molar-refractivity contribution >= 4 is 28.6 Å². The third-order valence-electron chi connectivity index (χ3n) is 3.37. The Hall–Kier alpha value is -1.24. The number of hydrogen-bond acceptors (Lipinski definition) is 5. The molecule has 3 heterocycles. The van der Waals surface area contributed by atoms with Crippen molar-refractivity contribution in [1.82, 2.24) is 9.88 Å². The molecule has 0 spiro atoms. The number of carbonyl (C=O) groups excluding carboxylic acids is 1. The lowest BCUT2D eigenvalue weighted by Gasteiger charge is -2.32. The standard InChI is InChI=1S/C14H16N2O2S2/c1-2-11-7-16(4-5-18-11)14(17)12-9-20-13(15-12)10-3-6-19-8-10/h3,6,8-9,11H,2,4-5,7H2,1H3/t11-/m0/s1. The molecule has 3 rings (SSSR count). The molecule has 0 radical (unpaired) electrons. The van der Waals surface area contributed by atoms with Crippen LogP contribution in [0.25, 0.3) is 10.6 Å². The van der Waals surface area contributed by atoms with Gasteiger partial charge in [-0.1, -0.05) is 6.92 Å². The van der Waals surface area contributed by atoms with Gasteiger partial charge >= 0.3 is 0 Å². The van der Waals surface area contributed by atoms with Gasteiger partial charge in [-0.2, -0.15) is 11.3 Å². The third-order valence-corrected chi connectivity index (χ3v) is 4.95. The first-order valence-corrected chi connectivity index (χ1v) is 8.49. The largest absolute Gasteiger partial charge is 0.375 e. The molecule has 106 valence electrons. The Balaban J connectivity index is 1.74. The minimum atomic E-state index is 0.0180. The Kier molecular flexibility index (Phi) is 4.14. The first-order chi connectivity index (χ1) is 9.78. The van der Waals surface area contributed by atoms with Crippen molar-refractivity contribution in [3.8, 4) is 10.6 Å². The average Bonchev–Trinajstić information content (AvgIpc) is 3.17. The fourth-order valence-electron chi connectivity index (χ4n) is 2.20. The summed E-state index contributed by atoms with van der Waals surface area (Å²) in [5.74, 6) is 0.0180. The molecule has 2 aromatic heterocycles. The second-order valence-corrected chi connectivity index (χ2v) is 6.34. The maximum Gasteiger partial charge on any atom is 0.273 e. The number of aromatic nitrogens is 1. The van der Waals surface area contributed by atoms with Crippen molar-refractivity contribution < 1.29 is 9.53 Å². The first-order valence-electron chi connectivity index (χ1n) is 6.67. The van der Waals surface area contributed by atoms with Gasteiger partial charge in [-0.25, -0.2) is 4.98 Å². The van der Waals surface area contributed by atoms with Gasteiger partial charge in [0.25, 0.3) is 5.91 Å². The van der Waals surface area contributed by atoms with Crippen LogP contribution in [0.1, 0.15) is 23.8 Å². The van der Waals surface area contributed by atoms with Gasteiger partial charge in [0.15, 0.2) is 0 Å². The van der Waals surface area contributed by atoms with Crippen molar-refractivity contribution in [3.05, 3.63) is 27.9 Å². The topological polar surface area (TPSA) is 42.4 Å². The highest BCUT2D eigenvalue weighted by molar-refractivity contribution is 7.14. The van der Waals surface area contributed by atoms with Crippen LogP contribution in [-0.4, -0.2) is 41.6 Å². The summed E-state index contributed by atoms with van der Waals surface area (Å²) < 4.78 is 5.60. The Bertz CT molecular complexity index is 580. The molecule has 0 saturated carbocycles. The van der Waals surface area contributed by atoms with Crippen LogP contribution in [0.5, 0.6) is 0 Å². The maximum absolute atomic E-state index is 12.5. The smallest absolute Gasteiger partial charge is 0.273 e. The van der Waals surface area contributed by atoms with Gasteiger partial charge < -0.3 is 9.64 Å². The molecule has 1 fully saturated rings. The van der Waals surface area contributed by atoms with E-state index in [9.17, 15) is 4.79 Å². The van der Waals surface area contributed by atoms with Gasteiger partial charge in [-0.15, -0.1) is 11.3 Å². The molecule has 0 aliphatic carbocycles. The Morgan fingerprint density at radius 1 is 1.55 bits per heavy atom. The Morgan fingerprint density at radius 2 is 2.45 bits per heavy atom. The summed E-state index contributed by atoms with van der Waals surface area (Å²) in [4.78, 5) is 18.8. The monoisotopic (exact) mass is 308 g/mol. The van der Waals surface area contributed by atoms with Crippen molar-refractivity contribution in [1.29, 1.82) is 0 Å². The zero-order valence-corrected chi connectivity index (χ0v) is 12.9. The van der Waals surface area contributed by atoms with Crippen molar-refractivity contribution in [2.45, 2.75) is 19.4 Å². The number of amides is 1. The number of ether oxygens (including phenoxy) is 1. The van der Waals surface area contributed by atoms with Gasteiger partial charge in [0.05, 0.1) is 12.7 Å². The molecule has 0 bridgehead atoms. The summed E-state index contributed by atoms with van der Waals surface area (Å²) >= 11 is 3.16. The van der Waals surface area contributed by atoms with E-state index in [2.05, 4.69) is 17.3 Å². The SMILES string of the molecule is CC[C@H]1CN(C(=O)c2csc(-c3ccsc3)n2)CCO1. The van der Waals surface area contributed by atoms with E-state index in [0.717, 1.165) is 17.0 Å². The summed E-state index contributed by atoms with van der Waals surface area (Å²) in [5, 5.41) is 6.84. The molecule has 1 atom stereocenters. The summed E-state index contributed by atoms with van der Waals surface area (Å²) in [7, 11) is 0. The van der Waals surface area contributed by atoms with Gasteiger partial charge in [-0.3, -0.25) is 4.79 Å². The fraction of sp³-hybridized carbons (Fsp3) is 0.429. The zero-order chi connectivity index (χ0) is 13.9. The van der Waals surface area contributed by atoms with Crippen LogP contribution in [0, 0.1) is 0 Å². The zero-order valence-electron chi connectivity index (χ0n) is 11.2. The molecule has 0 N–H and O–H groups in total. The molecule has 0 aromatic carbocycles. The highest BCUT2D eigenvalue weighted by Crippen LogP contribution is 2.26. The quantitative estimate of drug-likeness (QED) is 0.875. The molecule has 1 aliphatic heterocycles.